The van der Waals surface area contributed by atoms with Crippen LogP contribution < -0.4 is 20.5 Å². The number of methoxy groups -OCH3 is 2. The molecule has 0 radical (unpaired) electrons. The Labute approximate surface area is 121 Å². The fourth-order valence-corrected chi connectivity index (χ4v) is 1.82. The van der Waals surface area contributed by atoms with E-state index < -0.39 is 0 Å². The van der Waals surface area contributed by atoms with Crippen molar-refractivity contribution in [1.82, 2.24) is 9.97 Å². The van der Waals surface area contributed by atoms with Gasteiger partial charge in [0.25, 0.3) is 0 Å². The molecule has 0 atom stereocenters. The zero-order chi connectivity index (χ0) is 14.5. The molecular formula is C13H15ClN4O2. The summed E-state index contributed by atoms with van der Waals surface area (Å²) in [5, 5.41) is 3.33. The predicted octanol–water partition coefficient (Wildman–Crippen LogP) is 2.34. The number of nitrogens with one attached hydrogen (secondary N) is 1. The van der Waals surface area contributed by atoms with Crippen LogP contribution in [0.2, 0.25) is 5.15 Å². The molecule has 0 aliphatic heterocycles. The van der Waals surface area contributed by atoms with Crippen molar-refractivity contribution in [2.24, 2.45) is 0 Å². The molecule has 20 heavy (non-hydrogen) atoms. The van der Waals surface area contributed by atoms with Gasteiger partial charge in [-0.25, -0.2) is 9.97 Å². The number of halogens is 1. The Kier molecular flexibility index (Phi) is 4.47. The lowest BCUT2D eigenvalue weighted by Gasteiger charge is -2.11. The highest BCUT2D eigenvalue weighted by atomic mass is 35.5. The first-order chi connectivity index (χ1) is 9.65. The molecular weight excluding hydrogens is 280 g/mol. The molecule has 0 aliphatic carbocycles. The van der Waals surface area contributed by atoms with Crippen LogP contribution in [0.25, 0.3) is 0 Å². The molecule has 0 unspecified atom stereocenters. The largest absolute Gasteiger partial charge is 0.493 e. The minimum atomic E-state index is 0.231. The van der Waals surface area contributed by atoms with E-state index in [4.69, 9.17) is 26.8 Å². The number of benzene rings is 1. The van der Waals surface area contributed by atoms with E-state index in [0.29, 0.717) is 29.5 Å². The first-order valence-corrected chi connectivity index (χ1v) is 6.24. The van der Waals surface area contributed by atoms with Crippen molar-refractivity contribution in [3.05, 3.63) is 35.2 Å². The van der Waals surface area contributed by atoms with E-state index in [0.717, 1.165) is 5.56 Å². The predicted molar refractivity (Wildman–Crippen MR) is 78.3 cm³/mol. The summed E-state index contributed by atoms with van der Waals surface area (Å²) in [5.74, 6) is 1.85. The molecule has 3 N–H and O–H groups in total. The molecule has 1 aromatic heterocycles. The number of anilines is 2. The van der Waals surface area contributed by atoms with E-state index in [1.54, 1.807) is 14.2 Å². The number of ether oxygens (including phenoxy) is 2. The highest BCUT2D eigenvalue weighted by Gasteiger charge is 2.07. The summed E-state index contributed by atoms with van der Waals surface area (Å²) in [6, 6.07) is 5.64. The topological polar surface area (TPSA) is 82.3 Å². The SMILES string of the molecule is COc1ccc(CNc2ncnc(Cl)c2N)cc1OC. The summed E-state index contributed by atoms with van der Waals surface area (Å²) in [5.41, 5.74) is 7.11. The van der Waals surface area contributed by atoms with E-state index in [-0.39, 0.29) is 5.15 Å². The number of aromatic nitrogens is 2. The van der Waals surface area contributed by atoms with Crippen LogP contribution in [0, 0.1) is 0 Å². The van der Waals surface area contributed by atoms with Crippen molar-refractivity contribution in [2.75, 3.05) is 25.3 Å². The molecule has 1 heterocycles. The molecule has 0 saturated heterocycles. The van der Waals surface area contributed by atoms with E-state index in [1.807, 2.05) is 18.2 Å². The maximum atomic E-state index is 5.83. The molecule has 0 aliphatic rings. The number of nitrogens with two attached hydrogens (primary N) is 1. The third-order valence-electron chi connectivity index (χ3n) is 2.74. The van der Waals surface area contributed by atoms with E-state index in [2.05, 4.69) is 15.3 Å². The smallest absolute Gasteiger partial charge is 0.161 e. The zero-order valence-corrected chi connectivity index (χ0v) is 11.9. The summed E-state index contributed by atoms with van der Waals surface area (Å²) in [6.07, 6.45) is 1.36. The Morgan fingerprint density at radius 1 is 1.20 bits per heavy atom. The molecule has 0 saturated carbocycles. The Morgan fingerprint density at radius 2 is 1.95 bits per heavy atom. The Balaban J connectivity index is 2.13. The van der Waals surface area contributed by atoms with Crippen molar-refractivity contribution >= 4 is 23.1 Å². The van der Waals surface area contributed by atoms with Gasteiger partial charge in [0, 0.05) is 6.54 Å². The van der Waals surface area contributed by atoms with Gasteiger partial charge < -0.3 is 20.5 Å². The lowest BCUT2D eigenvalue weighted by atomic mass is 10.2. The fourth-order valence-electron chi connectivity index (χ4n) is 1.69. The van der Waals surface area contributed by atoms with Crippen molar-refractivity contribution in [3.8, 4) is 11.5 Å². The normalized spacial score (nSPS) is 10.2. The average Bonchev–Trinajstić information content (AvgIpc) is 2.48. The highest BCUT2D eigenvalue weighted by molar-refractivity contribution is 6.32. The summed E-state index contributed by atoms with van der Waals surface area (Å²) < 4.78 is 10.4. The molecule has 2 aromatic rings. The van der Waals surface area contributed by atoms with Gasteiger partial charge in [-0.2, -0.15) is 0 Å². The quantitative estimate of drug-likeness (QED) is 0.824. The van der Waals surface area contributed by atoms with E-state index >= 15 is 0 Å². The van der Waals surface area contributed by atoms with Crippen molar-refractivity contribution in [3.63, 3.8) is 0 Å². The van der Waals surface area contributed by atoms with Gasteiger partial charge in [0.15, 0.2) is 22.5 Å². The molecule has 6 nitrogen and oxygen atoms in total. The third kappa shape index (κ3) is 3.03. The second-order valence-corrected chi connectivity index (χ2v) is 4.33. The second kappa shape index (κ2) is 6.29. The number of rotatable bonds is 5. The van der Waals surface area contributed by atoms with E-state index in [1.165, 1.54) is 6.33 Å². The molecule has 0 spiro atoms. The fraction of sp³-hybridized carbons (Fsp3) is 0.231. The molecule has 1 aromatic carbocycles. The van der Waals surface area contributed by atoms with Crippen LogP contribution in [-0.4, -0.2) is 24.2 Å². The van der Waals surface area contributed by atoms with Crippen LogP contribution in [0.5, 0.6) is 11.5 Å². The Bertz CT molecular complexity index is 607. The zero-order valence-electron chi connectivity index (χ0n) is 11.2. The van der Waals surface area contributed by atoms with Crippen LogP contribution in [0.3, 0.4) is 0 Å². The van der Waals surface area contributed by atoms with Crippen molar-refractivity contribution < 1.29 is 9.47 Å². The first kappa shape index (κ1) is 14.2. The van der Waals surface area contributed by atoms with E-state index in [9.17, 15) is 0 Å². The van der Waals surface area contributed by atoms with Gasteiger partial charge in [0.05, 0.1) is 14.2 Å². The summed E-state index contributed by atoms with van der Waals surface area (Å²) in [4.78, 5) is 7.84. The van der Waals surface area contributed by atoms with Crippen LogP contribution in [0.1, 0.15) is 5.56 Å². The second-order valence-electron chi connectivity index (χ2n) is 3.97. The van der Waals surface area contributed by atoms with Crippen LogP contribution in [-0.2, 0) is 6.54 Å². The monoisotopic (exact) mass is 294 g/mol. The van der Waals surface area contributed by atoms with Gasteiger partial charge >= 0.3 is 0 Å². The average molecular weight is 295 g/mol. The minimum Gasteiger partial charge on any atom is -0.493 e. The van der Waals surface area contributed by atoms with Crippen molar-refractivity contribution in [1.29, 1.82) is 0 Å². The Hall–Kier alpha value is -2.21. The molecule has 0 bridgehead atoms. The van der Waals surface area contributed by atoms with Crippen molar-refractivity contribution in [2.45, 2.75) is 6.54 Å². The first-order valence-electron chi connectivity index (χ1n) is 5.86. The third-order valence-corrected chi connectivity index (χ3v) is 3.04. The Morgan fingerprint density at radius 3 is 2.65 bits per heavy atom. The number of hydrogen-bond acceptors (Lipinski definition) is 6. The lowest BCUT2D eigenvalue weighted by Crippen LogP contribution is -2.06. The maximum Gasteiger partial charge on any atom is 0.161 e. The number of nitrogens with zero attached hydrogens (tertiary/aromatic N) is 2. The number of hydrogen-bond donors (Lipinski definition) is 2. The molecule has 7 heteroatoms. The lowest BCUT2D eigenvalue weighted by molar-refractivity contribution is 0.354. The van der Waals surface area contributed by atoms with Gasteiger partial charge in [-0.15, -0.1) is 0 Å². The van der Waals surface area contributed by atoms with Crippen LogP contribution >= 0.6 is 11.6 Å². The summed E-state index contributed by atoms with van der Waals surface area (Å²) >= 11 is 5.83. The molecule has 0 fully saturated rings. The minimum absolute atomic E-state index is 0.231. The van der Waals surface area contributed by atoms with Gasteiger partial charge in [0.1, 0.15) is 12.0 Å². The number of nitrogen functional groups attached to an aromatic ring is 1. The standard InChI is InChI=1S/C13H15ClN4O2/c1-19-9-4-3-8(5-10(9)20-2)6-16-13-11(15)12(14)17-7-18-13/h3-5,7H,6,15H2,1-2H3,(H,16,17,18). The van der Waals surface area contributed by atoms with Crippen LogP contribution in [0.4, 0.5) is 11.5 Å². The van der Waals surface area contributed by atoms with Gasteiger partial charge in [-0.05, 0) is 17.7 Å². The molecule has 2 rings (SSSR count). The summed E-state index contributed by atoms with van der Waals surface area (Å²) in [6.45, 7) is 0.526. The molecule has 0 amide bonds. The maximum absolute atomic E-state index is 5.83. The van der Waals surface area contributed by atoms with Gasteiger partial charge in [-0.3, -0.25) is 0 Å². The summed E-state index contributed by atoms with van der Waals surface area (Å²) in [7, 11) is 3.19. The van der Waals surface area contributed by atoms with Gasteiger partial charge in [-0.1, -0.05) is 17.7 Å². The molecule has 106 valence electrons. The van der Waals surface area contributed by atoms with Crippen LogP contribution in [0.15, 0.2) is 24.5 Å². The highest BCUT2D eigenvalue weighted by Crippen LogP contribution is 2.28. The van der Waals surface area contributed by atoms with Gasteiger partial charge in [0.2, 0.25) is 0 Å².